The summed E-state index contributed by atoms with van der Waals surface area (Å²) in [6, 6.07) is 18.7. The number of rotatable bonds is 5. The fourth-order valence-corrected chi connectivity index (χ4v) is 3.84. The zero-order valence-corrected chi connectivity index (χ0v) is 14.6. The number of benzene rings is 2. The summed E-state index contributed by atoms with van der Waals surface area (Å²) in [4.78, 5) is 13.3. The lowest BCUT2D eigenvalue weighted by Crippen LogP contribution is -2.38. The summed E-state index contributed by atoms with van der Waals surface area (Å²) < 4.78 is 0. The first kappa shape index (κ1) is 16.9. The number of urea groups is 1. The molecule has 24 heavy (non-hydrogen) atoms. The van der Waals surface area contributed by atoms with Crippen molar-refractivity contribution in [3.8, 4) is 0 Å². The van der Waals surface area contributed by atoms with Crippen molar-refractivity contribution >= 4 is 23.5 Å². The predicted octanol–water partition coefficient (Wildman–Crippen LogP) is 5.43. The Morgan fingerprint density at radius 2 is 1.67 bits per heavy atom. The van der Waals surface area contributed by atoms with Crippen molar-refractivity contribution in [1.82, 2.24) is 5.32 Å². The molecule has 0 aromatic heterocycles. The van der Waals surface area contributed by atoms with Gasteiger partial charge in [-0.25, -0.2) is 4.79 Å². The summed E-state index contributed by atoms with van der Waals surface area (Å²) in [5.74, 6) is 0.929. The van der Waals surface area contributed by atoms with E-state index in [0.29, 0.717) is 6.04 Å². The average Bonchev–Trinajstić information content (AvgIpc) is 2.63. The highest BCUT2D eigenvalue weighted by Gasteiger charge is 2.15. The molecule has 2 amide bonds. The second-order valence-electron chi connectivity index (χ2n) is 6.23. The first-order valence-electron chi connectivity index (χ1n) is 8.64. The summed E-state index contributed by atoms with van der Waals surface area (Å²) in [5.41, 5.74) is 2.10. The highest BCUT2D eigenvalue weighted by atomic mass is 32.2. The Kier molecular flexibility index (Phi) is 6.19. The summed E-state index contributed by atoms with van der Waals surface area (Å²) in [7, 11) is 0. The van der Waals surface area contributed by atoms with Crippen LogP contribution in [0.1, 0.15) is 37.7 Å². The summed E-state index contributed by atoms with van der Waals surface area (Å²) in [6.07, 6.45) is 5.94. The Morgan fingerprint density at radius 3 is 2.38 bits per heavy atom. The number of nitrogens with one attached hydrogen (secondary N) is 2. The van der Waals surface area contributed by atoms with Crippen molar-refractivity contribution in [2.45, 2.75) is 48.8 Å². The molecule has 0 spiro atoms. The van der Waals surface area contributed by atoms with E-state index in [9.17, 15) is 4.79 Å². The van der Waals surface area contributed by atoms with Gasteiger partial charge in [-0.05, 0) is 42.7 Å². The van der Waals surface area contributed by atoms with Crippen LogP contribution in [-0.4, -0.2) is 12.1 Å². The minimum absolute atomic E-state index is 0.0895. The zero-order chi connectivity index (χ0) is 16.6. The van der Waals surface area contributed by atoms with Crippen molar-refractivity contribution in [3.05, 3.63) is 60.2 Å². The molecule has 0 heterocycles. The molecule has 1 aliphatic rings. The fourth-order valence-electron chi connectivity index (χ4n) is 2.97. The van der Waals surface area contributed by atoms with Gasteiger partial charge in [-0.15, -0.1) is 11.8 Å². The van der Waals surface area contributed by atoms with Gasteiger partial charge in [-0.1, -0.05) is 49.6 Å². The van der Waals surface area contributed by atoms with Crippen LogP contribution < -0.4 is 10.6 Å². The van der Waals surface area contributed by atoms with Gasteiger partial charge >= 0.3 is 6.03 Å². The molecule has 2 aromatic carbocycles. The molecule has 0 atom stereocenters. The molecule has 0 unspecified atom stereocenters. The minimum atomic E-state index is -0.0895. The summed E-state index contributed by atoms with van der Waals surface area (Å²) >= 11 is 1.82. The van der Waals surface area contributed by atoms with Crippen LogP contribution >= 0.6 is 11.8 Å². The molecule has 4 heteroatoms. The van der Waals surface area contributed by atoms with Crippen molar-refractivity contribution in [1.29, 1.82) is 0 Å². The summed E-state index contributed by atoms with van der Waals surface area (Å²) in [5, 5.41) is 6.01. The molecular formula is C20H24N2OS. The van der Waals surface area contributed by atoms with Crippen LogP contribution in [0.2, 0.25) is 0 Å². The molecule has 0 saturated heterocycles. The highest BCUT2D eigenvalue weighted by Crippen LogP contribution is 2.23. The molecule has 3 rings (SSSR count). The smallest absolute Gasteiger partial charge is 0.319 e. The molecule has 126 valence electrons. The number of hydrogen-bond acceptors (Lipinski definition) is 2. The third-order valence-electron chi connectivity index (χ3n) is 4.30. The van der Waals surface area contributed by atoms with Gasteiger partial charge in [-0.2, -0.15) is 0 Å². The largest absolute Gasteiger partial charge is 0.335 e. The number of thioether (sulfide) groups is 1. The molecule has 2 N–H and O–H groups in total. The monoisotopic (exact) mass is 340 g/mol. The van der Waals surface area contributed by atoms with Gasteiger partial charge in [0.25, 0.3) is 0 Å². The van der Waals surface area contributed by atoms with Crippen molar-refractivity contribution in [3.63, 3.8) is 0 Å². The maximum Gasteiger partial charge on any atom is 0.319 e. The average molecular weight is 340 g/mol. The number of carbonyl (C=O) groups is 1. The Bertz CT molecular complexity index is 636. The van der Waals surface area contributed by atoms with E-state index in [4.69, 9.17) is 0 Å². The molecule has 2 aromatic rings. The van der Waals surface area contributed by atoms with Crippen molar-refractivity contribution in [2.75, 3.05) is 5.32 Å². The Labute approximate surface area is 148 Å². The van der Waals surface area contributed by atoms with Crippen LogP contribution in [0.5, 0.6) is 0 Å². The minimum Gasteiger partial charge on any atom is -0.335 e. The van der Waals surface area contributed by atoms with Gasteiger partial charge in [0.2, 0.25) is 0 Å². The van der Waals surface area contributed by atoms with E-state index in [0.717, 1.165) is 24.3 Å². The quantitative estimate of drug-likeness (QED) is 0.712. The normalized spacial score (nSPS) is 15.0. The first-order chi connectivity index (χ1) is 11.8. The second-order valence-corrected chi connectivity index (χ2v) is 7.28. The van der Waals surface area contributed by atoms with Gasteiger partial charge < -0.3 is 10.6 Å². The van der Waals surface area contributed by atoms with E-state index in [2.05, 4.69) is 47.0 Å². The lowest BCUT2D eigenvalue weighted by molar-refractivity contribution is 0.244. The van der Waals surface area contributed by atoms with Gasteiger partial charge in [0.1, 0.15) is 0 Å². The molecule has 1 fully saturated rings. The number of carbonyl (C=O) groups excluding carboxylic acids is 1. The van der Waals surface area contributed by atoms with Crippen LogP contribution in [-0.2, 0) is 5.75 Å². The van der Waals surface area contributed by atoms with E-state index < -0.39 is 0 Å². The molecule has 0 bridgehead atoms. The van der Waals surface area contributed by atoms with Crippen LogP contribution in [0.3, 0.4) is 0 Å². The van der Waals surface area contributed by atoms with Crippen LogP contribution in [0.4, 0.5) is 10.5 Å². The standard InChI is InChI=1S/C20H24N2OS/c23-20(21-17-7-3-1-4-8-17)22-18-13-11-16(12-14-18)15-24-19-9-5-2-6-10-19/h2,5-6,9-14,17H,1,3-4,7-8,15H2,(H2,21,22,23). The first-order valence-corrected chi connectivity index (χ1v) is 9.62. The number of anilines is 1. The zero-order valence-electron chi connectivity index (χ0n) is 13.8. The second kappa shape index (κ2) is 8.78. The molecule has 3 nitrogen and oxygen atoms in total. The van der Waals surface area contributed by atoms with E-state index in [-0.39, 0.29) is 6.03 Å². The molecular weight excluding hydrogens is 316 g/mol. The van der Waals surface area contributed by atoms with Crippen LogP contribution in [0, 0.1) is 0 Å². The Balaban J connectivity index is 1.46. The molecule has 1 saturated carbocycles. The maximum absolute atomic E-state index is 12.0. The third-order valence-corrected chi connectivity index (χ3v) is 5.38. The van der Waals surface area contributed by atoms with E-state index in [1.54, 1.807) is 0 Å². The van der Waals surface area contributed by atoms with Crippen molar-refractivity contribution < 1.29 is 4.79 Å². The van der Waals surface area contributed by atoms with E-state index in [1.807, 2.05) is 30.0 Å². The van der Waals surface area contributed by atoms with Crippen molar-refractivity contribution in [2.24, 2.45) is 0 Å². The topological polar surface area (TPSA) is 41.1 Å². The fraction of sp³-hybridized carbons (Fsp3) is 0.350. The van der Waals surface area contributed by atoms with E-state index >= 15 is 0 Å². The van der Waals surface area contributed by atoms with Crippen LogP contribution in [0.15, 0.2) is 59.5 Å². The Morgan fingerprint density at radius 1 is 0.958 bits per heavy atom. The van der Waals surface area contributed by atoms with Crippen LogP contribution in [0.25, 0.3) is 0 Å². The highest BCUT2D eigenvalue weighted by molar-refractivity contribution is 7.98. The molecule has 0 radical (unpaired) electrons. The summed E-state index contributed by atoms with van der Waals surface area (Å²) in [6.45, 7) is 0. The number of hydrogen-bond donors (Lipinski definition) is 2. The van der Waals surface area contributed by atoms with Gasteiger partial charge in [0.05, 0.1) is 0 Å². The Hall–Kier alpha value is -1.94. The maximum atomic E-state index is 12.0. The molecule has 0 aliphatic heterocycles. The lowest BCUT2D eigenvalue weighted by Gasteiger charge is -2.22. The SMILES string of the molecule is O=C(Nc1ccc(CSc2ccccc2)cc1)NC1CCCCC1. The number of amides is 2. The van der Waals surface area contributed by atoms with Gasteiger partial charge in [-0.3, -0.25) is 0 Å². The molecule has 1 aliphatic carbocycles. The predicted molar refractivity (Wildman–Crippen MR) is 101 cm³/mol. The lowest BCUT2D eigenvalue weighted by atomic mass is 9.96. The van der Waals surface area contributed by atoms with E-state index in [1.165, 1.54) is 29.7 Å². The third kappa shape index (κ3) is 5.31. The van der Waals surface area contributed by atoms with Gasteiger partial charge in [0.15, 0.2) is 0 Å². The van der Waals surface area contributed by atoms with Gasteiger partial charge in [0, 0.05) is 22.4 Å².